The van der Waals surface area contributed by atoms with E-state index in [-0.39, 0.29) is 16.5 Å². The van der Waals surface area contributed by atoms with Crippen molar-refractivity contribution in [3.63, 3.8) is 0 Å². The number of rotatable bonds is 7. The lowest BCUT2D eigenvalue weighted by molar-refractivity contribution is 0.0696. The number of carboxylic acid groups (broad SMARTS) is 1. The predicted molar refractivity (Wildman–Crippen MR) is 104 cm³/mol. The highest BCUT2D eigenvalue weighted by Crippen LogP contribution is 2.26. The lowest BCUT2D eigenvalue weighted by Gasteiger charge is -2.23. The molecule has 3 N–H and O–H groups in total. The van der Waals surface area contributed by atoms with E-state index >= 15 is 0 Å². The minimum Gasteiger partial charge on any atom is -0.478 e. The molecule has 6 nitrogen and oxygen atoms in total. The molecule has 0 aliphatic heterocycles. The summed E-state index contributed by atoms with van der Waals surface area (Å²) in [5, 5.41) is 12.4. The maximum absolute atomic E-state index is 13.0. The van der Waals surface area contributed by atoms with Gasteiger partial charge in [0, 0.05) is 12.6 Å². The highest BCUT2D eigenvalue weighted by molar-refractivity contribution is 7.89. The van der Waals surface area contributed by atoms with Crippen LogP contribution in [0.2, 0.25) is 0 Å². The first kappa shape index (κ1) is 19.4. The molecule has 7 heteroatoms. The highest BCUT2D eigenvalue weighted by Gasteiger charge is 2.25. The first-order chi connectivity index (χ1) is 13.0. The molecule has 0 radical (unpaired) electrons. The van der Waals surface area contributed by atoms with Crippen LogP contribution in [0.1, 0.15) is 48.0 Å². The van der Waals surface area contributed by atoms with Gasteiger partial charge in [-0.3, -0.25) is 0 Å². The van der Waals surface area contributed by atoms with E-state index < -0.39 is 16.0 Å². The molecule has 2 aromatic rings. The standard InChI is InChI=1S/C20H24N2O4S/c23-20(24)16-11-12-18(21-14-15-7-3-1-4-8-15)19(13-16)27(25,26)22-17-9-5-2-6-10-17/h1,3-4,7-8,11-13,17,21-22H,2,5-6,9-10,14H2,(H,23,24). The van der Waals surface area contributed by atoms with Crippen molar-refractivity contribution in [3.8, 4) is 0 Å². The van der Waals surface area contributed by atoms with E-state index in [2.05, 4.69) is 10.0 Å². The molecule has 0 heterocycles. The zero-order chi connectivity index (χ0) is 19.3. The molecule has 1 aliphatic rings. The zero-order valence-corrected chi connectivity index (χ0v) is 15.8. The Labute approximate surface area is 159 Å². The Kier molecular flexibility index (Phi) is 6.13. The normalized spacial score (nSPS) is 15.4. The van der Waals surface area contributed by atoms with Crippen LogP contribution < -0.4 is 10.0 Å². The van der Waals surface area contributed by atoms with E-state index in [9.17, 15) is 18.3 Å². The molecule has 0 unspecified atom stereocenters. The smallest absolute Gasteiger partial charge is 0.335 e. The molecule has 1 saturated carbocycles. The minimum atomic E-state index is -3.83. The largest absolute Gasteiger partial charge is 0.478 e. The van der Waals surface area contributed by atoms with Crippen molar-refractivity contribution in [1.29, 1.82) is 0 Å². The van der Waals surface area contributed by atoms with Gasteiger partial charge in [0.1, 0.15) is 4.90 Å². The first-order valence-corrected chi connectivity index (χ1v) is 10.6. The Morgan fingerprint density at radius 1 is 1.04 bits per heavy atom. The molecule has 3 rings (SSSR count). The fourth-order valence-corrected chi connectivity index (χ4v) is 4.83. The third-order valence-electron chi connectivity index (χ3n) is 4.77. The van der Waals surface area contributed by atoms with Gasteiger partial charge in [-0.15, -0.1) is 0 Å². The van der Waals surface area contributed by atoms with Gasteiger partial charge < -0.3 is 10.4 Å². The molecule has 0 amide bonds. The molecule has 0 saturated heterocycles. The first-order valence-electron chi connectivity index (χ1n) is 9.13. The summed E-state index contributed by atoms with van der Waals surface area (Å²) in [6, 6.07) is 13.7. The quantitative estimate of drug-likeness (QED) is 0.673. The third kappa shape index (κ3) is 5.08. The van der Waals surface area contributed by atoms with Gasteiger partial charge in [-0.2, -0.15) is 0 Å². The summed E-state index contributed by atoms with van der Waals surface area (Å²) in [4.78, 5) is 11.3. The number of carboxylic acids is 1. The van der Waals surface area contributed by atoms with Crippen LogP contribution in [-0.2, 0) is 16.6 Å². The van der Waals surface area contributed by atoms with Gasteiger partial charge in [-0.05, 0) is 36.6 Å². The summed E-state index contributed by atoms with van der Waals surface area (Å²) < 4.78 is 28.7. The van der Waals surface area contributed by atoms with E-state index in [0.717, 1.165) is 37.7 Å². The molecule has 0 atom stereocenters. The second-order valence-corrected chi connectivity index (χ2v) is 8.49. The number of hydrogen-bond donors (Lipinski definition) is 3. The summed E-state index contributed by atoms with van der Waals surface area (Å²) in [6.45, 7) is 0.444. The molecule has 2 aromatic carbocycles. The van der Waals surface area contributed by atoms with E-state index in [0.29, 0.717) is 12.2 Å². The fourth-order valence-electron chi connectivity index (χ4n) is 3.32. The second-order valence-electron chi connectivity index (χ2n) is 6.81. The van der Waals surface area contributed by atoms with Gasteiger partial charge in [-0.25, -0.2) is 17.9 Å². The topological polar surface area (TPSA) is 95.5 Å². The number of anilines is 1. The van der Waals surface area contributed by atoms with Crippen molar-refractivity contribution >= 4 is 21.7 Å². The minimum absolute atomic E-state index is 0.0242. The van der Waals surface area contributed by atoms with Crippen LogP contribution in [0.3, 0.4) is 0 Å². The molecule has 27 heavy (non-hydrogen) atoms. The number of benzene rings is 2. The van der Waals surface area contributed by atoms with Gasteiger partial charge in [0.25, 0.3) is 0 Å². The van der Waals surface area contributed by atoms with Gasteiger partial charge in [0.15, 0.2) is 0 Å². The van der Waals surface area contributed by atoms with Crippen LogP contribution in [0.25, 0.3) is 0 Å². The summed E-state index contributed by atoms with van der Waals surface area (Å²) in [7, 11) is -3.83. The Morgan fingerprint density at radius 3 is 2.41 bits per heavy atom. The van der Waals surface area contributed by atoms with Gasteiger partial charge in [0.05, 0.1) is 11.3 Å². The molecule has 144 valence electrons. The molecule has 0 bridgehead atoms. The molecule has 1 fully saturated rings. The van der Waals surface area contributed by atoms with Crippen molar-refractivity contribution < 1.29 is 18.3 Å². The number of carbonyl (C=O) groups is 1. The summed E-state index contributed by atoms with van der Waals surface area (Å²) >= 11 is 0. The van der Waals surface area contributed by atoms with Crippen molar-refractivity contribution in [3.05, 3.63) is 59.7 Å². The number of hydrogen-bond acceptors (Lipinski definition) is 4. The zero-order valence-electron chi connectivity index (χ0n) is 15.0. The van der Waals surface area contributed by atoms with Crippen LogP contribution in [0, 0.1) is 0 Å². The molecular formula is C20H24N2O4S. The Bertz CT molecular complexity index is 891. The third-order valence-corrected chi connectivity index (χ3v) is 6.33. The number of sulfonamides is 1. The monoisotopic (exact) mass is 388 g/mol. The van der Waals surface area contributed by atoms with Gasteiger partial charge in [-0.1, -0.05) is 49.6 Å². The summed E-state index contributed by atoms with van der Waals surface area (Å²) in [6.07, 6.45) is 4.74. The fraction of sp³-hybridized carbons (Fsp3) is 0.350. The lowest BCUT2D eigenvalue weighted by Crippen LogP contribution is -2.36. The maximum atomic E-state index is 13.0. The van der Waals surface area contributed by atoms with Gasteiger partial charge >= 0.3 is 5.97 Å². The Balaban J connectivity index is 1.87. The molecular weight excluding hydrogens is 364 g/mol. The van der Waals surface area contributed by atoms with Crippen LogP contribution in [0.5, 0.6) is 0 Å². The molecule has 0 aromatic heterocycles. The molecule has 1 aliphatic carbocycles. The predicted octanol–water partition coefficient (Wildman–Crippen LogP) is 3.61. The average molecular weight is 388 g/mol. The highest BCUT2D eigenvalue weighted by atomic mass is 32.2. The summed E-state index contributed by atoms with van der Waals surface area (Å²) in [5.74, 6) is -1.15. The SMILES string of the molecule is O=C(O)c1ccc(NCc2ccccc2)c(S(=O)(=O)NC2CCCCC2)c1. The van der Waals surface area contributed by atoms with E-state index in [1.165, 1.54) is 18.2 Å². The van der Waals surface area contributed by atoms with Gasteiger partial charge in [0.2, 0.25) is 10.0 Å². The van der Waals surface area contributed by atoms with Crippen LogP contribution in [-0.4, -0.2) is 25.5 Å². The molecule has 0 spiro atoms. The van der Waals surface area contributed by atoms with E-state index in [1.807, 2.05) is 30.3 Å². The van der Waals surface area contributed by atoms with Crippen LogP contribution >= 0.6 is 0 Å². The summed E-state index contributed by atoms with van der Waals surface area (Å²) in [5.41, 5.74) is 1.35. The van der Waals surface area contributed by atoms with Crippen molar-refractivity contribution in [2.45, 2.75) is 49.6 Å². The Hall–Kier alpha value is -2.38. The van der Waals surface area contributed by atoms with Crippen molar-refractivity contribution in [1.82, 2.24) is 4.72 Å². The maximum Gasteiger partial charge on any atom is 0.335 e. The lowest BCUT2D eigenvalue weighted by atomic mass is 9.96. The van der Waals surface area contributed by atoms with E-state index in [1.54, 1.807) is 0 Å². The Morgan fingerprint density at radius 2 is 1.74 bits per heavy atom. The van der Waals surface area contributed by atoms with Crippen LogP contribution in [0.4, 0.5) is 5.69 Å². The number of aromatic carboxylic acids is 1. The van der Waals surface area contributed by atoms with Crippen molar-refractivity contribution in [2.24, 2.45) is 0 Å². The van der Waals surface area contributed by atoms with Crippen LogP contribution in [0.15, 0.2) is 53.4 Å². The van der Waals surface area contributed by atoms with E-state index in [4.69, 9.17) is 0 Å². The average Bonchev–Trinajstić information content (AvgIpc) is 2.67. The number of nitrogens with one attached hydrogen (secondary N) is 2. The van der Waals surface area contributed by atoms with Crippen molar-refractivity contribution in [2.75, 3.05) is 5.32 Å². The second kappa shape index (κ2) is 8.54.